The summed E-state index contributed by atoms with van der Waals surface area (Å²) < 4.78 is 0. The maximum absolute atomic E-state index is 12.5. The lowest BCUT2D eigenvalue weighted by Crippen LogP contribution is -2.31. The summed E-state index contributed by atoms with van der Waals surface area (Å²) >= 11 is 12.3. The molecule has 1 saturated heterocycles. The zero-order chi connectivity index (χ0) is 14.3. The molecule has 0 bridgehead atoms. The molecule has 3 atom stereocenters. The van der Waals surface area contributed by atoms with E-state index in [-0.39, 0.29) is 17.7 Å². The monoisotopic (exact) mass is 312 g/mol. The molecule has 2 fully saturated rings. The molecule has 20 heavy (non-hydrogen) atoms. The van der Waals surface area contributed by atoms with Crippen molar-refractivity contribution in [2.75, 3.05) is 19.6 Å². The van der Waals surface area contributed by atoms with Crippen LogP contribution in [0, 0.1) is 11.8 Å². The number of likely N-dealkylation sites (tertiary alicyclic amines) is 1. The fourth-order valence-corrected chi connectivity index (χ4v) is 3.53. The van der Waals surface area contributed by atoms with E-state index in [1.165, 1.54) is 0 Å². The Kier molecular flexibility index (Phi) is 3.93. The second-order valence-electron chi connectivity index (χ2n) is 5.77. The largest absolute Gasteiger partial charge is 0.342 e. The van der Waals surface area contributed by atoms with Gasteiger partial charge in [0.1, 0.15) is 0 Å². The standard InChI is InChI=1S/C15H18Cl2N2O/c16-13-3-1-2-10(14(13)17)11-6-12(11)15(20)19-5-4-9(7-18)8-19/h1-3,9,11-12H,4-8,18H2. The van der Waals surface area contributed by atoms with Gasteiger partial charge in [-0.15, -0.1) is 0 Å². The molecule has 1 aliphatic heterocycles. The molecule has 108 valence electrons. The van der Waals surface area contributed by atoms with Crippen LogP contribution in [0.25, 0.3) is 0 Å². The van der Waals surface area contributed by atoms with Crippen LogP contribution in [-0.4, -0.2) is 30.4 Å². The van der Waals surface area contributed by atoms with Gasteiger partial charge in [0.05, 0.1) is 10.0 Å². The first-order valence-corrected chi connectivity index (χ1v) is 7.80. The molecule has 2 N–H and O–H groups in total. The highest BCUT2D eigenvalue weighted by Crippen LogP contribution is 2.51. The van der Waals surface area contributed by atoms with Gasteiger partial charge >= 0.3 is 0 Å². The van der Waals surface area contributed by atoms with E-state index in [4.69, 9.17) is 28.9 Å². The van der Waals surface area contributed by atoms with Crippen molar-refractivity contribution in [3.05, 3.63) is 33.8 Å². The van der Waals surface area contributed by atoms with Crippen LogP contribution >= 0.6 is 23.2 Å². The zero-order valence-electron chi connectivity index (χ0n) is 11.2. The molecular weight excluding hydrogens is 295 g/mol. The van der Waals surface area contributed by atoms with Crippen molar-refractivity contribution in [1.29, 1.82) is 0 Å². The molecular formula is C15H18Cl2N2O. The van der Waals surface area contributed by atoms with Crippen LogP contribution in [-0.2, 0) is 4.79 Å². The second kappa shape index (κ2) is 5.55. The van der Waals surface area contributed by atoms with Crippen molar-refractivity contribution < 1.29 is 4.79 Å². The summed E-state index contributed by atoms with van der Waals surface area (Å²) in [5.74, 6) is 1.01. The number of rotatable bonds is 3. The molecule has 0 spiro atoms. The van der Waals surface area contributed by atoms with Crippen molar-refractivity contribution in [2.45, 2.75) is 18.8 Å². The first-order chi connectivity index (χ1) is 9.61. The fraction of sp³-hybridized carbons (Fsp3) is 0.533. The van der Waals surface area contributed by atoms with Gasteiger partial charge in [0.25, 0.3) is 0 Å². The summed E-state index contributed by atoms with van der Waals surface area (Å²) in [6, 6.07) is 5.64. The van der Waals surface area contributed by atoms with E-state index in [1.54, 1.807) is 6.07 Å². The predicted octanol–water partition coefficient (Wildman–Crippen LogP) is 2.90. The van der Waals surface area contributed by atoms with Crippen LogP contribution < -0.4 is 5.73 Å². The Morgan fingerprint density at radius 2 is 2.20 bits per heavy atom. The molecule has 1 aliphatic carbocycles. The minimum atomic E-state index is 0.0718. The van der Waals surface area contributed by atoms with Gasteiger partial charge in [-0.05, 0) is 42.9 Å². The predicted molar refractivity (Wildman–Crippen MR) is 81.1 cm³/mol. The fourth-order valence-electron chi connectivity index (χ4n) is 3.08. The highest BCUT2D eigenvalue weighted by atomic mass is 35.5. The van der Waals surface area contributed by atoms with Crippen LogP contribution in [0.2, 0.25) is 10.0 Å². The topological polar surface area (TPSA) is 46.3 Å². The molecule has 1 amide bonds. The quantitative estimate of drug-likeness (QED) is 0.932. The molecule has 1 aromatic carbocycles. The Morgan fingerprint density at radius 1 is 1.40 bits per heavy atom. The van der Waals surface area contributed by atoms with Gasteiger partial charge in [-0.1, -0.05) is 35.3 Å². The lowest BCUT2D eigenvalue weighted by atomic mass is 10.1. The number of hydrogen-bond acceptors (Lipinski definition) is 2. The number of carbonyl (C=O) groups excluding carboxylic acids is 1. The maximum Gasteiger partial charge on any atom is 0.226 e. The summed E-state index contributed by atoms with van der Waals surface area (Å²) in [6.07, 6.45) is 1.90. The van der Waals surface area contributed by atoms with Crippen LogP contribution in [0.3, 0.4) is 0 Å². The normalized spacial score (nSPS) is 28.8. The van der Waals surface area contributed by atoms with Crippen LogP contribution in [0.1, 0.15) is 24.3 Å². The van der Waals surface area contributed by atoms with E-state index in [2.05, 4.69) is 0 Å². The van der Waals surface area contributed by atoms with Gasteiger partial charge in [0.15, 0.2) is 0 Å². The first-order valence-electron chi connectivity index (χ1n) is 7.04. The Bertz CT molecular complexity index is 535. The minimum absolute atomic E-state index is 0.0718. The second-order valence-corrected chi connectivity index (χ2v) is 6.55. The number of hydrogen-bond donors (Lipinski definition) is 1. The van der Waals surface area contributed by atoms with Gasteiger partial charge < -0.3 is 10.6 Å². The van der Waals surface area contributed by atoms with Gasteiger partial charge in [0, 0.05) is 19.0 Å². The maximum atomic E-state index is 12.5. The van der Waals surface area contributed by atoms with E-state index < -0.39 is 0 Å². The smallest absolute Gasteiger partial charge is 0.226 e. The van der Waals surface area contributed by atoms with Gasteiger partial charge in [-0.2, -0.15) is 0 Å². The van der Waals surface area contributed by atoms with Crippen molar-refractivity contribution >= 4 is 29.1 Å². The molecule has 1 aromatic rings. The highest BCUT2D eigenvalue weighted by molar-refractivity contribution is 6.42. The zero-order valence-corrected chi connectivity index (χ0v) is 12.7. The molecule has 2 aliphatic rings. The molecule has 3 unspecified atom stereocenters. The Morgan fingerprint density at radius 3 is 2.90 bits per heavy atom. The molecule has 0 aromatic heterocycles. The Balaban J connectivity index is 1.67. The lowest BCUT2D eigenvalue weighted by molar-refractivity contribution is -0.131. The number of halogens is 2. The number of amides is 1. The summed E-state index contributed by atoms with van der Waals surface area (Å²) in [5.41, 5.74) is 6.68. The van der Waals surface area contributed by atoms with E-state index in [1.807, 2.05) is 17.0 Å². The van der Waals surface area contributed by atoms with Gasteiger partial charge in [-0.25, -0.2) is 0 Å². The Labute approximate surface area is 129 Å². The molecule has 3 rings (SSSR count). The third-order valence-electron chi connectivity index (χ3n) is 4.42. The van der Waals surface area contributed by atoms with Crippen LogP contribution in [0.15, 0.2) is 18.2 Å². The molecule has 0 radical (unpaired) electrons. The summed E-state index contributed by atoms with van der Waals surface area (Å²) in [4.78, 5) is 14.4. The van der Waals surface area contributed by atoms with Crippen molar-refractivity contribution in [3.63, 3.8) is 0 Å². The number of carbonyl (C=O) groups is 1. The number of nitrogens with zero attached hydrogens (tertiary/aromatic N) is 1. The van der Waals surface area contributed by atoms with Crippen LogP contribution in [0.5, 0.6) is 0 Å². The highest BCUT2D eigenvalue weighted by Gasteiger charge is 2.47. The third kappa shape index (κ3) is 2.54. The van der Waals surface area contributed by atoms with E-state index in [0.717, 1.165) is 31.5 Å². The Hall–Kier alpha value is -0.770. The van der Waals surface area contributed by atoms with Crippen molar-refractivity contribution in [3.8, 4) is 0 Å². The SMILES string of the molecule is NCC1CCN(C(=O)C2CC2c2cccc(Cl)c2Cl)C1. The van der Waals surface area contributed by atoms with E-state index in [0.29, 0.717) is 22.5 Å². The summed E-state index contributed by atoms with van der Waals surface area (Å²) in [7, 11) is 0. The van der Waals surface area contributed by atoms with Crippen molar-refractivity contribution in [2.24, 2.45) is 17.6 Å². The molecule has 1 heterocycles. The summed E-state index contributed by atoms with van der Waals surface area (Å²) in [6.45, 7) is 2.31. The average Bonchev–Trinajstić information content (AvgIpc) is 3.09. The average molecular weight is 313 g/mol. The lowest BCUT2D eigenvalue weighted by Gasteiger charge is -2.16. The number of nitrogens with two attached hydrogens (primary N) is 1. The van der Waals surface area contributed by atoms with E-state index in [9.17, 15) is 4.79 Å². The van der Waals surface area contributed by atoms with E-state index >= 15 is 0 Å². The minimum Gasteiger partial charge on any atom is -0.342 e. The molecule has 1 saturated carbocycles. The first kappa shape index (κ1) is 14.2. The van der Waals surface area contributed by atoms with Crippen LogP contribution in [0.4, 0.5) is 0 Å². The van der Waals surface area contributed by atoms with Gasteiger partial charge in [0.2, 0.25) is 5.91 Å². The van der Waals surface area contributed by atoms with Crippen molar-refractivity contribution in [1.82, 2.24) is 4.90 Å². The third-order valence-corrected chi connectivity index (χ3v) is 5.25. The van der Waals surface area contributed by atoms with Gasteiger partial charge in [-0.3, -0.25) is 4.79 Å². The molecule has 3 nitrogen and oxygen atoms in total. The number of benzene rings is 1. The summed E-state index contributed by atoms with van der Waals surface area (Å²) in [5, 5.41) is 1.15. The molecule has 5 heteroatoms.